The van der Waals surface area contributed by atoms with Gasteiger partial charge in [-0.3, -0.25) is 14.6 Å². The zero-order valence-electron chi connectivity index (χ0n) is 16.6. The van der Waals surface area contributed by atoms with Gasteiger partial charge in [0.1, 0.15) is 11.4 Å². The fourth-order valence-electron chi connectivity index (χ4n) is 3.86. The maximum atomic E-state index is 13.3. The molecule has 0 unspecified atom stereocenters. The topological polar surface area (TPSA) is 76.5 Å². The van der Waals surface area contributed by atoms with Crippen LogP contribution < -0.4 is 10.1 Å². The average Bonchev–Trinajstić information content (AvgIpc) is 3.11. The molecule has 3 aromatic rings. The van der Waals surface area contributed by atoms with Crippen LogP contribution in [0.15, 0.2) is 43.9 Å². The number of fused-ring (bicyclic) bond motifs is 3. The highest BCUT2D eigenvalue weighted by Crippen LogP contribution is 2.39. The number of amides is 2. The molecule has 2 aromatic heterocycles. The molecule has 0 saturated carbocycles. The molecule has 0 radical (unpaired) electrons. The second-order valence-corrected chi connectivity index (χ2v) is 7.60. The minimum Gasteiger partial charge on any atom is -0.495 e. The van der Waals surface area contributed by atoms with E-state index in [-0.39, 0.29) is 21.6 Å². The van der Waals surface area contributed by atoms with Gasteiger partial charge in [-0.05, 0) is 30.3 Å². The monoisotopic (exact) mass is 456 g/mol. The largest absolute Gasteiger partial charge is 0.495 e. The van der Waals surface area contributed by atoms with Crippen LogP contribution in [0.2, 0.25) is 10.0 Å². The van der Waals surface area contributed by atoms with Crippen LogP contribution in [0.4, 0.5) is 5.69 Å². The van der Waals surface area contributed by atoms with Crippen molar-refractivity contribution in [1.29, 1.82) is 0 Å². The molecule has 7 nitrogen and oxygen atoms in total. The van der Waals surface area contributed by atoms with Crippen molar-refractivity contribution in [2.24, 2.45) is 0 Å². The van der Waals surface area contributed by atoms with Gasteiger partial charge in [0, 0.05) is 36.1 Å². The number of pyridine rings is 1. The number of hydrogen-bond donors (Lipinski definition) is 1. The van der Waals surface area contributed by atoms with Crippen LogP contribution in [0.25, 0.3) is 17.1 Å². The summed E-state index contributed by atoms with van der Waals surface area (Å²) in [6.45, 7) is 8.02. The molecule has 1 aromatic carbocycles. The van der Waals surface area contributed by atoms with Gasteiger partial charge in [0.2, 0.25) is 0 Å². The molecular weight excluding hydrogens is 439 g/mol. The first kappa shape index (κ1) is 21.0. The van der Waals surface area contributed by atoms with E-state index in [0.717, 1.165) is 5.56 Å². The second-order valence-electron chi connectivity index (χ2n) is 6.78. The first-order chi connectivity index (χ1) is 14.9. The number of methoxy groups -OCH3 is 1. The Hall–Kier alpha value is -3.29. The zero-order chi connectivity index (χ0) is 22.3. The van der Waals surface area contributed by atoms with Gasteiger partial charge < -0.3 is 19.5 Å². The number of rotatable bonds is 5. The molecule has 0 aliphatic carbocycles. The lowest BCUT2D eigenvalue weighted by Gasteiger charge is -2.24. The molecule has 0 saturated heterocycles. The zero-order valence-corrected chi connectivity index (χ0v) is 18.1. The lowest BCUT2D eigenvalue weighted by molar-refractivity contribution is 0.0802. The van der Waals surface area contributed by atoms with Gasteiger partial charge in [0.05, 0.1) is 28.4 Å². The predicted molar refractivity (Wildman–Crippen MR) is 122 cm³/mol. The molecule has 1 aliphatic rings. The summed E-state index contributed by atoms with van der Waals surface area (Å²) in [7, 11) is 1.53. The summed E-state index contributed by atoms with van der Waals surface area (Å²) in [5.41, 5.74) is 2.37. The SMILES string of the molecule is C=CN1CCc2c(n(C=C)c3c(OC)ccc(C(=O)Nc4c(Cl)cncc4Cl)c23)C1=O. The van der Waals surface area contributed by atoms with Crippen LogP contribution in [0, 0.1) is 0 Å². The van der Waals surface area contributed by atoms with E-state index in [1.54, 1.807) is 16.7 Å². The Morgan fingerprint density at radius 2 is 1.94 bits per heavy atom. The van der Waals surface area contributed by atoms with Gasteiger partial charge in [-0.2, -0.15) is 0 Å². The van der Waals surface area contributed by atoms with Crippen molar-refractivity contribution in [3.63, 3.8) is 0 Å². The molecule has 31 heavy (non-hydrogen) atoms. The summed E-state index contributed by atoms with van der Waals surface area (Å²) in [5.74, 6) is -0.134. The normalized spacial score (nSPS) is 13.1. The Labute approximate surface area is 188 Å². The van der Waals surface area contributed by atoms with Gasteiger partial charge in [-0.15, -0.1) is 0 Å². The highest BCUT2D eigenvalue weighted by molar-refractivity contribution is 6.40. The van der Waals surface area contributed by atoms with Crippen LogP contribution in [0.3, 0.4) is 0 Å². The van der Waals surface area contributed by atoms with Crippen LogP contribution in [0.1, 0.15) is 26.4 Å². The third-order valence-corrected chi connectivity index (χ3v) is 5.81. The Morgan fingerprint density at radius 1 is 1.23 bits per heavy atom. The number of benzene rings is 1. The summed E-state index contributed by atoms with van der Waals surface area (Å²) in [5, 5.41) is 3.81. The Morgan fingerprint density at radius 3 is 2.55 bits per heavy atom. The highest BCUT2D eigenvalue weighted by Gasteiger charge is 2.32. The molecule has 2 amide bonds. The molecule has 1 N–H and O–H groups in total. The average molecular weight is 457 g/mol. The van der Waals surface area contributed by atoms with E-state index in [9.17, 15) is 9.59 Å². The Balaban J connectivity index is 1.96. The summed E-state index contributed by atoms with van der Waals surface area (Å²) < 4.78 is 7.19. The summed E-state index contributed by atoms with van der Waals surface area (Å²) in [6.07, 6.45) is 6.35. The third kappa shape index (κ3) is 3.26. The van der Waals surface area contributed by atoms with E-state index in [1.165, 1.54) is 36.8 Å². The number of ether oxygens (including phenoxy) is 1. The van der Waals surface area contributed by atoms with E-state index in [2.05, 4.69) is 23.5 Å². The maximum Gasteiger partial charge on any atom is 0.275 e. The molecule has 0 bridgehead atoms. The van der Waals surface area contributed by atoms with E-state index in [1.807, 2.05) is 0 Å². The minimum atomic E-state index is -0.426. The van der Waals surface area contributed by atoms with E-state index in [0.29, 0.717) is 40.9 Å². The van der Waals surface area contributed by atoms with E-state index < -0.39 is 5.91 Å². The van der Waals surface area contributed by atoms with Crippen molar-refractivity contribution >= 4 is 57.8 Å². The molecule has 3 heterocycles. The molecule has 158 valence electrons. The van der Waals surface area contributed by atoms with Crippen molar-refractivity contribution in [3.8, 4) is 5.75 Å². The number of carbonyl (C=O) groups is 2. The first-order valence-electron chi connectivity index (χ1n) is 9.33. The fraction of sp³-hybridized carbons (Fsp3) is 0.136. The number of carbonyl (C=O) groups excluding carboxylic acids is 2. The molecule has 1 aliphatic heterocycles. The second kappa shape index (κ2) is 8.09. The highest BCUT2D eigenvalue weighted by atomic mass is 35.5. The van der Waals surface area contributed by atoms with E-state index >= 15 is 0 Å². The number of anilines is 1. The number of hydrogen-bond acceptors (Lipinski definition) is 4. The van der Waals surface area contributed by atoms with Crippen molar-refractivity contribution in [3.05, 3.63) is 70.8 Å². The van der Waals surface area contributed by atoms with Crippen LogP contribution >= 0.6 is 23.2 Å². The smallest absolute Gasteiger partial charge is 0.275 e. The van der Waals surface area contributed by atoms with Crippen molar-refractivity contribution in [2.75, 3.05) is 19.0 Å². The third-order valence-electron chi connectivity index (χ3n) is 5.24. The van der Waals surface area contributed by atoms with E-state index in [4.69, 9.17) is 27.9 Å². The van der Waals surface area contributed by atoms with Gasteiger partial charge in [0.25, 0.3) is 11.8 Å². The fourth-order valence-corrected chi connectivity index (χ4v) is 4.32. The number of nitrogens with zero attached hydrogens (tertiary/aromatic N) is 3. The van der Waals surface area contributed by atoms with Crippen molar-refractivity contribution in [1.82, 2.24) is 14.5 Å². The molecular formula is C22H18Cl2N4O3. The quantitative estimate of drug-likeness (QED) is 0.595. The van der Waals surface area contributed by atoms with Crippen LogP contribution in [-0.2, 0) is 6.42 Å². The molecule has 0 atom stereocenters. The number of aromatic nitrogens is 2. The molecule has 4 rings (SSSR count). The van der Waals surface area contributed by atoms with Crippen LogP contribution in [0.5, 0.6) is 5.75 Å². The molecule has 0 fully saturated rings. The standard InChI is InChI=1S/C22H18Cl2N4O3/c1-4-27-9-8-12-17-13(21(29)26-18-14(23)10-25-11-15(18)24)6-7-16(31-3)20(17)28(5-2)19(12)22(27)30/h4-7,10-11H,1-2,8-9H2,3H3,(H,25,26,29). The van der Waals surface area contributed by atoms with Crippen molar-refractivity contribution < 1.29 is 14.3 Å². The van der Waals surface area contributed by atoms with Gasteiger partial charge in [-0.1, -0.05) is 36.4 Å². The number of nitrogens with one attached hydrogen (secondary N) is 1. The summed E-state index contributed by atoms with van der Waals surface area (Å²) in [4.78, 5) is 31.8. The van der Waals surface area contributed by atoms with Gasteiger partial charge >= 0.3 is 0 Å². The molecule has 0 spiro atoms. The summed E-state index contributed by atoms with van der Waals surface area (Å²) >= 11 is 12.3. The maximum absolute atomic E-state index is 13.3. The van der Waals surface area contributed by atoms with Gasteiger partial charge in [0.15, 0.2) is 0 Å². The molecule has 9 heteroatoms. The van der Waals surface area contributed by atoms with Crippen LogP contribution in [-0.4, -0.2) is 39.9 Å². The number of halogens is 2. The summed E-state index contributed by atoms with van der Waals surface area (Å²) in [6, 6.07) is 3.33. The Bertz CT molecular complexity index is 1250. The van der Waals surface area contributed by atoms with Gasteiger partial charge in [-0.25, -0.2) is 0 Å². The minimum absolute atomic E-state index is 0.216. The predicted octanol–water partition coefficient (Wildman–Crippen LogP) is 4.85. The lowest BCUT2D eigenvalue weighted by atomic mass is 9.98. The lowest BCUT2D eigenvalue weighted by Crippen LogP contribution is -2.34. The van der Waals surface area contributed by atoms with Crippen molar-refractivity contribution in [2.45, 2.75) is 6.42 Å². The Kier molecular flexibility index (Phi) is 5.47. The first-order valence-corrected chi connectivity index (χ1v) is 10.1.